The highest BCUT2D eigenvalue weighted by Crippen LogP contribution is 2.18. The van der Waals surface area contributed by atoms with Crippen LogP contribution in [0.2, 0.25) is 0 Å². The Labute approximate surface area is 606 Å². The van der Waals surface area contributed by atoms with E-state index in [9.17, 15) is 78.0 Å². The lowest BCUT2D eigenvalue weighted by Crippen LogP contribution is -2.63. The number of carbonyl (C=O) groups is 12. The van der Waals surface area contributed by atoms with E-state index < -0.39 is 168 Å². The second-order valence-electron chi connectivity index (χ2n) is 27.7. The number of phenolic OH excluding ortho intramolecular Hbond substituents is 2. The van der Waals surface area contributed by atoms with Crippen molar-refractivity contribution in [1.29, 1.82) is 0 Å². The molecular formula is C74H106N14O16. The van der Waals surface area contributed by atoms with E-state index >= 15 is 0 Å². The highest BCUT2D eigenvalue weighted by atomic mass is 16.3. The molecule has 0 bridgehead atoms. The third-order valence-corrected chi connectivity index (χ3v) is 17.3. The molecule has 0 spiro atoms. The number of aromatic hydroxyl groups is 2. The molecule has 1 heterocycles. The minimum atomic E-state index is -1.80. The van der Waals surface area contributed by atoms with Gasteiger partial charge in [0.25, 0.3) is 0 Å². The molecule has 1 fully saturated rings. The van der Waals surface area contributed by atoms with E-state index in [1.807, 2.05) is 0 Å². The lowest BCUT2D eigenvalue weighted by atomic mass is 9.98. The first-order chi connectivity index (χ1) is 49.4. The summed E-state index contributed by atoms with van der Waals surface area (Å²) < 4.78 is 0. The maximum atomic E-state index is 14.7. The average molecular weight is 1450 g/mol. The second kappa shape index (κ2) is 42.5. The number of benzene rings is 4. The molecule has 1 aliphatic rings. The highest BCUT2D eigenvalue weighted by Gasteiger charge is 2.39. The van der Waals surface area contributed by atoms with Gasteiger partial charge in [0.1, 0.15) is 84.0 Å². The highest BCUT2D eigenvalue weighted by molar-refractivity contribution is 6.00. The van der Waals surface area contributed by atoms with Crippen molar-refractivity contribution < 1.29 is 78.0 Å². The largest absolute Gasteiger partial charge is 0.508 e. The summed E-state index contributed by atoms with van der Waals surface area (Å²) in [4.78, 5) is 176. The molecule has 4 aromatic carbocycles. The predicted octanol–water partition coefficient (Wildman–Crippen LogP) is -0.934. The normalized spacial score (nSPS) is 24.2. The molecule has 0 aliphatic carbocycles. The predicted molar refractivity (Wildman–Crippen MR) is 386 cm³/mol. The summed E-state index contributed by atoms with van der Waals surface area (Å²) in [6.07, 6.45) is -0.812. The third-order valence-electron chi connectivity index (χ3n) is 17.3. The summed E-state index contributed by atoms with van der Waals surface area (Å²) in [5.41, 5.74) is 13.7. The molecule has 12 atom stereocenters. The lowest BCUT2D eigenvalue weighted by Gasteiger charge is -2.30. The molecular weight excluding hydrogens is 1340 g/mol. The molecule has 4 aromatic rings. The molecule has 20 N–H and O–H groups in total. The Hall–Kier alpha value is -10.0. The Balaban J connectivity index is 1.64. The molecule has 0 unspecified atom stereocenters. The van der Waals surface area contributed by atoms with Gasteiger partial charge >= 0.3 is 0 Å². The monoisotopic (exact) mass is 1450 g/mol. The van der Waals surface area contributed by atoms with Crippen LogP contribution in [-0.4, -0.2) is 190 Å². The molecule has 0 saturated carbocycles. The van der Waals surface area contributed by atoms with Gasteiger partial charge in [0.05, 0.1) is 13.2 Å². The van der Waals surface area contributed by atoms with Gasteiger partial charge in [-0.25, -0.2) is 0 Å². The standard InChI is InChI=1S/C74H106N14O16/c1-41(2)33-53-65(95)81-55(35-45-17-11-9-12-18-45)67(97)85-59(39-89)71(101)83-58(38-48-25-29-50(92)30-26-48)70(100)88-62(44(7)8)74(104)78-52(22-16-32-76)64(94)80-54(34-42(3)4)66(96)82-56(36-46-19-13-10-14-20-46)68(98)86-60(40-90)72(102)84-57(37-47-23-27-49(91)28-24-47)69(99)87-61(43(5)6)73(103)77-51(21-15-31-75)63(93)79-53/h9-14,17-20,23-30,41-44,51-62,89-92H,15-16,21-22,31-40,75-76H2,1-8H3,(H,77,103)(H,78,104)(H,79,93)(H,80,94)(H,81,95)(H,82,96)(H,83,101)(H,84,102)(H,85,97)(H,86,98)(H,87,99)(H,88,100)/t51-,52-,53-,54-,55+,56+,57+,58+,59-,60-,61-,62-/m0/s1. The number of amides is 12. The van der Waals surface area contributed by atoms with Gasteiger partial charge in [0.15, 0.2) is 0 Å². The number of rotatable bonds is 22. The molecule has 1 saturated heterocycles. The Bertz CT molecular complexity index is 3270. The summed E-state index contributed by atoms with van der Waals surface area (Å²) >= 11 is 0. The van der Waals surface area contributed by atoms with Crippen molar-refractivity contribution in [3.8, 4) is 11.5 Å². The van der Waals surface area contributed by atoms with Crippen LogP contribution >= 0.6 is 0 Å². The molecule has 12 amide bonds. The molecule has 30 nitrogen and oxygen atoms in total. The minimum absolute atomic E-state index is 0.0200. The van der Waals surface area contributed by atoms with Gasteiger partial charge in [-0.05, 0) is 122 Å². The van der Waals surface area contributed by atoms with Crippen molar-refractivity contribution in [2.24, 2.45) is 35.1 Å². The van der Waals surface area contributed by atoms with Crippen LogP contribution < -0.4 is 75.3 Å². The summed E-state index contributed by atoms with van der Waals surface area (Å²) in [6, 6.07) is 9.91. The van der Waals surface area contributed by atoms with Gasteiger partial charge in [0.2, 0.25) is 70.9 Å². The SMILES string of the molecule is CC(C)C[C@@H]1NC(=O)[C@H](CCCN)NC(=O)[C@H](C(C)C)NC(=O)[C@@H](Cc2ccc(O)cc2)NC(=O)[C@H](CO)NC(=O)[C@@H](Cc2ccccc2)NC(=O)[C@H](CC(C)C)NC(=O)[C@H](CCCN)NC(=O)[C@H](C(C)C)NC(=O)[C@@H](Cc2ccc(O)cc2)NC(=O)[C@H](CO)NC(=O)[C@@H](Cc2ccccc2)NC1=O. The zero-order valence-corrected chi connectivity index (χ0v) is 60.4. The summed E-state index contributed by atoms with van der Waals surface area (Å²) in [6.45, 7) is 11.5. The van der Waals surface area contributed by atoms with Crippen molar-refractivity contribution in [3.05, 3.63) is 131 Å². The lowest BCUT2D eigenvalue weighted by molar-refractivity contribution is -0.137. The molecule has 104 heavy (non-hydrogen) atoms. The fourth-order valence-corrected chi connectivity index (χ4v) is 11.5. The van der Waals surface area contributed by atoms with E-state index in [2.05, 4.69) is 63.8 Å². The van der Waals surface area contributed by atoms with E-state index in [4.69, 9.17) is 11.5 Å². The number of aliphatic hydroxyl groups excluding tert-OH is 2. The summed E-state index contributed by atoms with van der Waals surface area (Å²) in [5, 5.41) is 73.8. The zero-order valence-electron chi connectivity index (χ0n) is 60.4. The van der Waals surface area contributed by atoms with Crippen LogP contribution in [0.25, 0.3) is 0 Å². The van der Waals surface area contributed by atoms with Gasteiger partial charge in [0, 0.05) is 25.7 Å². The zero-order chi connectivity index (χ0) is 76.7. The quantitative estimate of drug-likeness (QED) is 0.0452. The van der Waals surface area contributed by atoms with Crippen molar-refractivity contribution >= 4 is 70.9 Å². The average Bonchev–Trinajstić information content (AvgIpc) is 0.848. The van der Waals surface area contributed by atoms with E-state index in [1.54, 1.807) is 116 Å². The molecule has 1 aliphatic heterocycles. The van der Waals surface area contributed by atoms with E-state index in [1.165, 1.54) is 48.5 Å². The number of nitrogens with two attached hydrogens (primary N) is 2. The Morgan fingerprint density at radius 1 is 0.298 bits per heavy atom. The van der Waals surface area contributed by atoms with Crippen molar-refractivity contribution in [3.63, 3.8) is 0 Å². The van der Waals surface area contributed by atoms with Gasteiger partial charge in [-0.3, -0.25) is 57.5 Å². The Morgan fingerprint density at radius 3 is 0.798 bits per heavy atom. The smallest absolute Gasteiger partial charge is 0.245 e. The maximum Gasteiger partial charge on any atom is 0.245 e. The number of phenols is 2. The first-order valence-corrected chi connectivity index (χ1v) is 35.3. The number of carbonyl (C=O) groups excluding carboxylic acids is 12. The molecule has 0 radical (unpaired) electrons. The first kappa shape index (κ1) is 84.6. The maximum absolute atomic E-state index is 14.7. The van der Waals surface area contributed by atoms with Crippen LogP contribution in [0.5, 0.6) is 11.5 Å². The number of hydrogen-bond acceptors (Lipinski definition) is 18. The van der Waals surface area contributed by atoms with Gasteiger partial charge in [-0.1, -0.05) is 140 Å². The van der Waals surface area contributed by atoms with Gasteiger partial charge < -0.3 is 95.7 Å². The van der Waals surface area contributed by atoms with Gasteiger partial charge in [-0.15, -0.1) is 0 Å². The Morgan fingerprint density at radius 2 is 0.529 bits per heavy atom. The van der Waals surface area contributed by atoms with Crippen molar-refractivity contribution in [2.75, 3.05) is 26.3 Å². The first-order valence-electron chi connectivity index (χ1n) is 35.3. The van der Waals surface area contributed by atoms with Crippen LogP contribution in [0.15, 0.2) is 109 Å². The fourth-order valence-electron chi connectivity index (χ4n) is 11.5. The molecule has 0 aromatic heterocycles. The number of aliphatic hydroxyl groups is 2. The fraction of sp³-hybridized carbons (Fsp3) is 0.514. The van der Waals surface area contributed by atoms with Crippen LogP contribution in [0.3, 0.4) is 0 Å². The second-order valence-corrected chi connectivity index (χ2v) is 27.7. The number of hydrogen-bond donors (Lipinski definition) is 18. The van der Waals surface area contributed by atoms with Gasteiger partial charge in [-0.2, -0.15) is 0 Å². The van der Waals surface area contributed by atoms with Crippen LogP contribution in [0, 0.1) is 23.7 Å². The van der Waals surface area contributed by atoms with E-state index in [-0.39, 0.29) is 101 Å². The van der Waals surface area contributed by atoms with Crippen LogP contribution in [0.1, 0.15) is 116 Å². The summed E-state index contributed by atoms with van der Waals surface area (Å²) in [5.74, 6) is -13.5. The number of nitrogens with one attached hydrogen (secondary N) is 12. The van der Waals surface area contributed by atoms with Crippen LogP contribution in [-0.2, 0) is 83.2 Å². The van der Waals surface area contributed by atoms with E-state index in [0.717, 1.165) is 0 Å². The molecule has 5 rings (SSSR count). The topological polar surface area (TPSA) is 482 Å². The molecule has 568 valence electrons. The van der Waals surface area contributed by atoms with E-state index in [0.29, 0.717) is 22.3 Å². The van der Waals surface area contributed by atoms with Crippen molar-refractivity contribution in [2.45, 2.75) is 192 Å². The minimum Gasteiger partial charge on any atom is -0.508 e. The summed E-state index contributed by atoms with van der Waals surface area (Å²) in [7, 11) is 0. The Kier molecular flexibility index (Phi) is 34.6. The van der Waals surface area contributed by atoms with Crippen LogP contribution in [0.4, 0.5) is 0 Å². The van der Waals surface area contributed by atoms with Crippen molar-refractivity contribution in [1.82, 2.24) is 63.8 Å². The molecule has 30 heteroatoms. The third kappa shape index (κ3) is 27.6.